The minimum absolute atomic E-state index is 0.102. The van der Waals surface area contributed by atoms with Crippen molar-refractivity contribution in [2.24, 2.45) is 0 Å². The summed E-state index contributed by atoms with van der Waals surface area (Å²) in [6.45, 7) is 6.33. The molecule has 0 aliphatic carbocycles. The molecular weight excluding hydrogens is 997 g/mol. The Labute approximate surface area is 499 Å². The second-order valence-corrected chi connectivity index (χ2v) is 21.3. The van der Waals surface area contributed by atoms with Crippen molar-refractivity contribution in [3.8, 4) is 0 Å². The molecule has 0 saturated carbocycles. The Morgan fingerprint density at radius 2 is 0.481 bits per heavy atom. The monoisotopic (exact) mass is 1120 g/mol. The Kier molecular flexibility index (Phi) is 63.4. The van der Waals surface area contributed by atoms with E-state index in [-0.39, 0.29) is 31.1 Å². The smallest absolute Gasteiger partial charge is 0.306 e. The van der Waals surface area contributed by atoms with Crippen LogP contribution >= 0.6 is 0 Å². The van der Waals surface area contributed by atoms with Gasteiger partial charge in [0.15, 0.2) is 6.10 Å². The lowest BCUT2D eigenvalue weighted by Gasteiger charge is -2.18. The molecule has 0 aromatic carbocycles. The van der Waals surface area contributed by atoms with Gasteiger partial charge in [-0.2, -0.15) is 0 Å². The van der Waals surface area contributed by atoms with E-state index in [0.29, 0.717) is 25.7 Å². The average molecular weight is 1120 g/mol. The standard InChI is InChI=1S/C75H120O6/c1-4-7-10-13-16-19-22-24-26-28-30-32-34-36-37-39-40-42-44-46-48-50-53-56-59-62-65-68-74(77)80-71-72(70-79-73(76)67-64-61-58-55-52-21-18-15-12-9-6-3)81-75(78)69-66-63-60-57-54-51-49-47-45-43-41-38-35-33-31-29-27-25-23-20-17-14-11-8-5-2/h7-8,10-11,15-20,24-27,30-33,36-37,40,42,46,48,53,56,72H,4-6,9,12-14,21-23,28-29,34-35,38-39,41,43-45,47,49-52,54-55,57-71H2,1-3H3/b10-7-,11-8-,18-15-,19-16-,20-17-,26-24-,27-25-,32-30-,33-31-,37-36-,42-40-,48-46-,56-53-. The summed E-state index contributed by atoms with van der Waals surface area (Å²) in [5, 5.41) is 0. The first-order valence-corrected chi connectivity index (χ1v) is 33.0. The molecule has 6 heteroatoms. The van der Waals surface area contributed by atoms with Gasteiger partial charge in [-0.25, -0.2) is 0 Å². The van der Waals surface area contributed by atoms with Crippen LogP contribution in [-0.4, -0.2) is 37.2 Å². The van der Waals surface area contributed by atoms with Gasteiger partial charge in [0.1, 0.15) is 13.2 Å². The molecule has 81 heavy (non-hydrogen) atoms. The van der Waals surface area contributed by atoms with Crippen molar-refractivity contribution >= 4 is 17.9 Å². The van der Waals surface area contributed by atoms with Gasteiger partial charge in [-0.05, 0) is 141 Å². The molecule has 0 aromatic heterocycles. The summed E-state index contributed by atoms with van der Waals surface area (Å²) in [5.74, 6) is -0.960. The van der Waals surface area contributed by atoms with Crippen LogP contribution in [0.15, 0.2) is 158 Å². The first kappa shape index (κ1) is 76.0. The van der Waals surface area contributed by atoms with Crippen molar-refractivity contribution in [1.82, 2.24) is 0 Å². The minimum Gasteiger partial charge on any atom is -0.462 e. The predicted octanol–water partition coefficient (Wildman–Crippen LogP) is 22.9. The highest BCUT2D eigenvalue weighted by Crippen LogP contribution is 2.15. The molecule has 0 rings (SSSR count). The first-order valence-electron chi connectivity index (χ1n) is 33.0. The SMILES string of the molecule is CC/C=C\C/C=C\C/C=C\C/C=C\C/C=C\C/C=C\C/C=C\C/C=C\CCCCC(=O)OCC(COC(=O)CCCCCCC/C=C\CCCC)OC(=O)CCCCCCCCCCCCCC/C=C\C/C=C\C/C=C\C/C=C\CC. The van der Waals surface area contributed by atoms with Gasteiger partial charge in [-0.15, -0.1) is 0 Å². The van der Waals surface area contributed by atoms with Crippen molar-refractivity contribution in [1.29, 1.82) is 0 Å². The fourth-order valence-electron chi connectivity index (χ4n) is 8.61. The molecule has 0 amide bonds. The number of carbonyl (C=O) groups excluding carboxylic acids is 3. The predicted molar refractivity (Wildman–Crippen MR) is 352 cm³/mol. The summed E-state index contributed by atoms with van der Waals surface area (Å²) in [5.41, 5.74) is 0. The summed E-state index contributed by atoms with van der Waals surface area (Å²) in [6.07, 6.45) is 98.3. The third-order valence-electron chi connectivity index (χ3n) is 13.5. The Bertz CT molecular complexity index is 1810. The van der Waals surface area contributed by atoms with Gasteiger partial charge >= 0.3 is 17.9 Å². The second kappa shape index (κ2) is 67.5. The van der Waals surface area contributed by atoms with E-state index >= 15 is 0 Å². The zero-order valence-electron chi connectivity index (χ0n) is 52.2. The van der Waals surface area contributed by atoms with Crippen LogP contribution < -0.4 is 0 Å². The maximum absolute atomic E-state index is 12.9. The lowest BCUT2D eigenvalue weighted by molar-refractivity contribution is -0.167. The maximum atomic E-state index is 12.9. The molecule has 0 aliphatic rings. The van der Waals surface area contributed by atoms with Gasteiger partial charge in [-0.3, -0.25) is 14.4 Å². The Balaban J connectivity index is 4.39. The number of unbranched alkanes of at least 4 members (excludes halogenated alkanes) is 21. The molecule has 0 aromatic rings. The summed E-state index contributed by atoms with van der Waals surface area (Å²) in [4.78, 5) is 38.3. The van der Waals surface area contributed by atoms with Crippen LogP contribution in [0.3, 0.4) is 0 Å². The van der Waals surface area contributed by atoms with Gasteiger partial charge < -0.3 is 14.2 Å². The normalized spacial score (nSPS) is 13.2. The van der Waals surface area contributed by atoms with Gasteiger partial charge in [-0.1, -0.05) is 275 Å². The Morgan fingerprint density at radius 1 is 0.259 bits per heavy atom. The molecule has 0 saturated heterocycles. The zero-order valence-corrected chi connectivity index (χ0v) is 52.2. The minimum atomic E-state index is -0.809. The van der Waals surface area contributed by atoms with E-state index < -0.39 is 6.10 Å². The van der Waals surface area contributed by atoms with Gasteiger partial charge in [0.05, 0.1) is 0 Å². The van der Waals surface area contributed by atoms with Crippen LogP contribution in [0.5, 0.6) is 0 Å². The van der Waals surface area contributed by atoms with Crippen molar-refractivity contribution < 1.29 is 28.6 Å². The molecule has 1 atom stereocenters. The number of allylic oxidation sites excluding steroid dienone is 26. The van der Waals surface area contributed by atoms with E-state index in [1.54, 1.807) is 0 Å². The van der Waals surface area contributed by atoms with E-state index in [2.05, 4.69) is 179 Å². The molecule has 0 heterocycles. The highest BCUT2D eigenvalue weighted by atomic mass is 16.6. The second-order valence-electron chi connectivity index (χ2n) is 21.3. The third kappa shape index (κ3) is 65.7. The van der Waals surface area contributed by atoms with Crippen LogP contribution in [0, 0.1) is 0 Å². The molecule has 0 bridgehead atoms. The molecule has 0 spiro atoms. The van der Waals surface area contributed by atoms with E-state index in [1.165, 1.54) is 89.9 Å². The molecule has 0 radical (unpaired) electrons. The number of rotatable bonds is 58. The topological polar surface area (TPSA) is 78.9 Å². The summed E-state index contributed by atoms with van der Waals surface area (Å²) in [6, 6.07) is 0. The van der Waals surface area contributed by atoms with Crippen molar-refractivity contribution in [2.45, 2.75) is 284 Å². The molecule has 456 valence electrons. The highest BCUT2D eigenvalue weighted by molar-refractivity contribution is 5.71. The van der Waals surface area contributed by atoms with E-state index in [9.17, 15) is 14.4 Å². The first-order chi connectivity index (χ1) is 40.0. The highest BCUT2D eigenvalue weighted by Gasteiger charge is 2.19. The lowest BCUT2D eigenvalue weighted by Crippen LogP contribution is -2.30. The quantitative estimate of drug-likeness (QED) is 0.0261. The number of carbonyl (C=O) groups is 3. The Hall–Kier alpha value is -4.97. The number of esters is 3. The van der Waals surface area contributed by atoms with E-state index in [0.717, 1.165) is 141 Å². The van der Waals surface area contributed by atoms with E-state index in [1.807, 2.05) is 0 Å². The van der Waals surface area contributed by atoms with Crippen LogP contribution in [0.1, 0.15) is 278 Å². The largest absolute Gasteiger partial charge is 0.462 e. The summed E-state index contributed by atoms with van der Waals surface area (Å²) in [7, 11) is 0. The molecule has 1 unspecified atom stereocenters. The van der Waals surface area contributed by atoms with Crippen LogP contribution in [0.25, 0.3) is 0 Å². The average Bonchev–Trinajstić information content (AvgIpc) is 3.47. The van der Waals surface area contributed by atoms with Crippen LogP contribution in [-0.2, 0) is 28.6 Å². The van der Waals surface area contributed by atoms with Crippen molar-refractivity contribution in [3.05, 3.63) is 158 Å². The van der Waals surface area contributed by atoms with Crippen molar-refractivity contribution in [3.63, 3.8) is 0 Å². The fourth-order valence-corrected chi connectivity index (χ4v) is 8.61. The molecule has 0 fully saturated rings. The van der Waals surface area contributed by atoms with Crippen LogP contribution in [0.2, 0.25) is 0 Å². The molecule has 0 N–H and O–H groups in total. The molecule has 6 nitrogen and oxygen atoms in total. The Morgan fingerprint density at radius 3 is 0.790 bits per heavy atom. The number of hydrogen-bond donors (Lipinski definition) is 0. The molecular formula is C75H120O6. The van der Waals surface area contributed by atoms with Crippen molar-refractivity contribution in [2.75, 3.05) is 13.2 Å². The van der Waals surface area contributed by atoms with Gasteiger partial charge in [0, 0.05) is 19.3 Å². The molecule has 0 aliphatic heterocycles. The summed E-state index contributed by atoms with van der Waals surface area (Å²) < 4.78 is 16.9. The van der Waals surface area contributed by atoms with Crippen LogP contribution in [0.4, 0.5) is 0 Å². The third-order valence-corrected chi connectivity index (χ3v) is 13.5. The fraction of sp³-hybridized carbons (Fsp3) is 0.613. The zero-order chi connectivity index (χ0) is 58.5. The number of hydrogen-bond acceptors (Lipinski definition) is 6. The van der Waals surface area contributed by atoms with E-state index in [4.69, 9.17) is 14.2 Å². The van der Waals surface area contributed by atoms with Gasteiger partial charge in [0.25, 0.3) is 0 Å². The maximum Gasteiger partial charge on any atom is 0.306 e. The lowest BCUT2D eigenvalue weighted by atomic mass is 10.0. The summed E-state index contributed by atoms with van der Waals surface area (Å²) >= 11 is 0. The van der Waals surface area contributed by atoms with Gasteiger partial charge in [0.2, 0.25) is 0 Å². The number of ether oxygens (including phenoxy) is 3.